The summed E-state index contributed by atoms with van der Waals surface area (Å²) in [5.41, 5.74) is 5.71. The van der Waals surface area contributed by atoms with Gasteiger partial charge in [-0.25, -0.2) is 0 Å². The number of amides is 2. The van der Waals surface area contributed by atoms with Gasteiger partial charge >= 0.3 is 0 Å². The minimum Gasteiger partial charge on any atom is -0.328 e. The fourth-order valence-corrected chi connectivity index (χ4v) is 2.81. The van der Waals surface area contributed by atoms with Crippen molar-refractivity contribution in [1.29, 1.82) is 0 Å². The van der Waals surface area contributed by atoms with Crippen LogP contribution < -0.4 is 5.73 Å². The normalized spacial score (nSPS) is 25.3. The minimum atomic E-state index is -0.0324. The van der Waals surface area contributed by atoms with Crippen molar-refractivity contribution in [1.82, 2.24) is 4.90 Å². The summed E-state index contributed by atoms with van der Waals surface area (Å²) in [6.45, 7) is 0.419. The molecule has 2 fully saturated rings. The van der Waals surface area contributed by atoms with Crippen LogP contribution in [0.2, 0.25) is 0 Å². The average molecular weight is 210 g/mol. The van der Waals surface area contributed by atoms with Gasteiger partial charge in [-0.15, -0.1) is 0 Å². The lowest BCUT2D eigenvalue weighted by atomic mass is 9.97. The molecule has 0 radical (unpaired) electrons. The second kappa shape index (κ2) is 4.31. The summed E-state index contributed by atoms with van der Waals surface area (Å²) < 4.78 is 0. The molecule has 2 N–H and O–H groups in total. The molecule has 0 spiro atoms. The van der Waals surface area contributed by atoms with E-state index in [1.165, 1.54) is 17.7 Å². The summed E-state index contributed by atoms with van der Waals surface area (Å²) in [5, 5.41) is 0. The number of hydrogen-bond donors (Lipinski definition) is 1. The largest absolute Gasteiger partial charge is 0.328 e. The Bertz CT molecular complexity index is 256. The van der Waals surface area contributed by atoms with E-state index < -0.39 is 0 Å². The van der Waals surface area contributed by atoms with Crippen LogP contribution in [0.15, 0.2) is 0 Å². The number of likely N-dealkylation sites (tertiary alicyclic amines) is 1. The second-order valence-electron chi connectivity index (χ2n) is 4.51. The molecule has 4 heteroatoms. The van der Waals surface area contributed by atoms with Crippen LogP contribution in [-0.2, 0) is 9.59 Å². The Hall–Kier alpha value is -0.900. The van der Waals surface area contributed by atoms with Crippen molar-refractivity contribution in [3.8, 4) is 0 Å². The predicted octanol–water partition coefficient (Wildman–Crippen LogP) is 0.653. The Morgan fingerprint density at radius 1 is 1.20 bits per heavy atom. The number of carbonyl (C=O) groups is 2. The van der Waals surface area contributed by atoms with Crippen molar-refractivity contribution in [2.24, 2.45) is 11.7 Å². The molecule has 1 saturated heterocycles. The number of nitrogens with two attached hydrogens (primary N) is 1. The van der Waals surface area contributed by atoms with Gasteiger partial charge in [0.25, 0.3) is 0 Å². The third-order valence-electron chi connectivity index (χ3n) is 3.61. The van der Waals surface area contributed by atoms with Crippen LogP contribution in [0.4, 0.5) is 0 Å². The molecule has 1 aliphatic heterocycles. The maximum Gasteiger partial charge on any atom is 0.229 e. The van der Waals surface area contributed by atoms with E-state index in [0.717, 1.165) is 12.8 Å². The zero-order valence-electron chi connectivity index (χ0n) is 8.95. The summed E-state index contributed by atoms with van der Waals surface area (Å²) in [4.78, 5) is 24.6. The summed E-state index contributed by atoms with van der Waals surface area (Å²) in [6, 6.07) is -0.0324. The van der Waals surface area contributed by atoms with Crippen molar-refractivity contribution < 1.29 is 9.59 Å². The Morgan fingerprint density at radius 2 is 1.73 bits per heavy atom. The molecule has 1 atom stereocenters. The molecule has 2 amide bonds. The van der Waals surface area contributed by atoms with E-state index in [1.54, 1.807) is 0 Å². The molecule has 4 nitrogen and oxygen atoms in total. The molecule has 0 aromatic carbocycles. The van der Waals surface area contributed by atoms with E-state index in [0.29, 0.717) is 25.3 Å². The smallest absolute Gasteiger partial charge is 0.229 e. The quantitative estimate of drug-likeness (QED) is 0.696. The van der Waals surface area contributed by atoms with E-state index in [1.807, 2.05) is 0 Å². The second-order valence-corrected chi connectivity index (χ2v) is 4.51. The lowest BCUT2D eigenvalue weighted by molar-refractivity contribution is -0.142. The molecule has 1 aliphatic carbocycles. The van der Waals surface area contributed by atoms with Crippen molar-refractivity contribution in [2.45, 2.75) is 44.6 Å². The van der Waals surface area contributed by atoms with Crippen LogP contribution in [0.5, 0.6) is 0 Å². The molecular formula is C11H18N2O2. The van der Waals surface area contributed by atoms with Crippen LogP contribution in [-0.4, -0.2) is 29.3 Å². The number of carbonyl (C=O) groups excluding carboxylic acids is 2. The lowest BCUT2D eigenvalue weighted by Gasteiger charge is -2.29. The zero-order chi connectivity index (χ0) is 10.8. The highest BCUT2D eigenvalue weighted by molar-refractivity contribution is 6.02. The molecule has 0 aromatic heterocycles. The van der Waals surface area contributed by atoms with Crippen LogP contribution in [0.1, 0.15) is 38.5 Å². The molecule has 2 aliphatic rings. The Labute approximate surface area is 89.8 Å². The number of rotatable bonds is 3. The van der Waals surface area contributed by atoms with Gasteiger partial charge in [0.2, 0.25) is 11.8 Å². The minimum absolute atomic E-state index is 0.0256. The van der Waals surface area contributed by atoms with Gasteiger partial charge in [-0.2, -0.15) is 0 Å². The SMILES string of the molecule is NCC(C1CCCC1)N1C(=O)CCC1=O. The first kappa shape index (κ1) is 10.6. The molecule has 15 heavy (non-hydrogen) atoms. The number of imide groups is 1. The summed E-state index contributed by atoms with van der Waals surface area (Å²) >= 11 is 0. The highest BCUT2D eigenvalue weighted by Gasteiger charge is 2.38. The molecule has 1 unspecified atom stereocenters. The van der Waals surface area contributed by atoms with Gasteiger partial charge in [0, 0.05) is 19.4 Å². The Kier molecular flexibility index (Phi) is 3.05. The molecule has 2 rings (SSSR count). The van der Waals surface area contributed by atoms with Gasteiger partial charge in [0.15, 0.2) is 0 Å². The van der Waals surface area contributed by atoms with E-state index in [2.05, 4.69) is 0 Å². The summed E-state index contributed by atoms with van der Waals surface area (Å²) in [5.74, 6) is 0.394. The summed E-state index contributed by atoms with van der Waals surface area (Å²) in [6.07, 6.45) is 5.39. The Morgan fingerprint density at radius 3 is 2.20 bits per heavy atom. The fourth-order valence-electron chi connectivity index (χ4n) is 2.81. The fraction of sp³-hybridized carbons (Fsp3) is 0.818. The van der Waals surface area contributed by atoms with Crippen molar-refractivity contribution >= 4 is 11.8 Å². The maximum absolute atomic E-state index is 11.6. The first-order valence-electron chi connectivity index (χ1n) is 5.79. The van der Waals surface area contributed by atoms with Crippen LogP contribution in [0, 0.1) is 5.92 Å². The molecule has 1 saturated carbocycles. The standard InChI is InChI=1S/C11H18N2O2/c12-7-9(8-3-1-2-4-8)13-10(14)5-6-11(13)15/h8-9H,1-7,12H2. The van der Waals surface area contributed by atoms with Crippen molar-refractivity contribution in [2.75, 3.05) is 6.54 Å². The molecule has 84 valence electrons. The van der Waals surface area contributed by atoms with Gasteiger partial charge in [-0.05, 0) is 18.8 Å². The van der Waals surface area contributed by atoms with Gasteiger partial charge in [-0.1, -0.05) is 12.8 Å². The number of nitrogens with zero attached hydrogens (tertiary/aromatic N) is 1. The maximum atomic E-state index is 11.6. The Balaban J connectivity index is 2.10. The van der Waals surface area contributed by atoms with Crippen molar-refractivity contribution in [3.05, 3.63) is 0 Å². The lowest BCUT2D eigenvalue weighted by Crippen LogP contribution is -2.47. The molecule has 0 bridgehead atoms. The third kappa shape index (κ3) is 1.91. The van der Waals surface area contributed by atoms with E-state index in [9.17, 15) is 9.59 Å². The van der Waals surface area contributed by atoms with E-state index in [4.69, 9.17) is 5.73 Å². The van der Waals surface area contributed by atoms with Crippen LogP contribution >= 0.6 is 0 Å². The van der Waals surface area contributed by atoms with Gasteiger partial charge < -0.3 is 5.73 Å². The third-order valence-corrected chi connectivity index (χ3v) is 3.61. The first-order chi connectivity index (χ1) is 7.24. The van der Waals surface area contributed by atoms with Crippen LogP contribution in [0.3, 0.4) is 0 Å². The molecule has 1 heterocycles. The van der Waals surface area contributed by atoms with Crippen LogP contribution in [0.25, 0.3) is 0 Å². The monoisotopic (exact) mass is 210 g/mol. The average Bonchev–Trinajstić information content (AvgIpc) is 2.83. The highest BCUT2D eigenvalue weighted by Crippen LogP contribution is 2.31. The van der Waals surface area contributed by atoms with Gasteiger partial charge in [-0.3, -0.25) is 14.5 Å². The van der Waals surface area contributed by atoms with E-state index in [-0.39, 0.29) is 17.9 Å². The topological polar surface area (TPSA) is 63.4 Å². The highest BCUT2D eigenvalue weighted by atomic mass is 16.2. The first-order valence-corrected chi connectivity index (χ1v) is 5.79. The summed E-state index contributed by atoms with van der Waals surface area (Å²) in [7, 11) is 0. The van der Waals surface area contributed by atoms with Gasteiger partial charge in [0.1, 0.15) is 0 Å². The number of hydrogen-bond acceptors (Lipinski definition) is 3. The molecular weight excluding hydrogens is 192 g/mol. The van der Waals surface area contributed by atoms with Crippen molar-refractivity contribution in [3.63, 3.8) is 0 Å². The predicted molar refractivity (Wildman–Crippen MR) is 55.9 cm³/mol. The van der Waals surface area contributed by atoms with E-state index >= 15 is 0 Å². The van der Waals surface area contributed by atoms with Gasteiger partial charge in [0.05, 0.1) is 6.04 Å². The molecule has 0 aromatic rings. The zero-order valence-corrected chi connectivity index (χ0v) is 8.95.